The number of ether oxygens (including phenoxy) is 2. The number of likely N-dealkylation sites (tertiary alicyclic amines) is 1. The van der Waals surface area contributed by atoms with E-state index in [1.807, 2.05) is 0 Å². The highest BCUT2D eigenvalue weighted by atomic mass is 28.4. The molecular weight excluding hydrogens is 392 g/mol. The van der Waals surface area contributed by atoms with Crippen LogP contribution in [0, 0.1) is 10.1 Å². The van der Waals surface area contributed by atoms with Gasteiger partial charge in [0.1, 0.15) is 5.56 Å². The second-order valence-electron chi connectivity index (χ2n) is 8.85. The molecular formula is C20H32N2O6Si. The summed E-state index contributed by atoms with van der Waals surface area (Å²) in [5, 5.41) is 11.6. The Balaban J connectivity index is 2.30. The average Bonchev–Trinajstić information content (AvgIpc) is 3.12. The van der Waals surface area contributed by atoms with Gasteiger partial charge in [-0.2, -0.15) is 0 Å². The quantitative estimate of drug-likeness (QED) is 0.369. The lowest BCUT2D eigenvalue weighted by Gasteiger charge is -2.38. The Morgan fingerprint density at radius 3 is 2.34 bits per heavy atom. The highest BCUT2D eigenvalue weighted by Gasteiger charge is 2.40. The van der Waals surface area contributed by atoms with E-state index in [0.717, 1.165) is 12.8 Å². The molecule has 1 aromatic rings. The zero-order valence-electron chi connectivity index (χ0n) is 18.4. The maximum atomic E-state index is 13.3. The van der Waals surface area contributed by atoms with Crippen molar-refractivity contribution < 1.29 is 23.6 Å². The Hall–Kier alpha value is -2.13. The van der Waals surface area contributed by atoms with E-state index in [1.165, 1.54) is 26.4 Å². The van der Waals surface area contributed by atoms with Crippen LogP contribution >= 0.6 is 0 Å². The summed E-state index contributed by atoms with van der Waals surface area (Å²) in [6.45, 7) is 11.9. The Bertz CT molecular complexity index is 775. The molecule has 0 bridgehead atoms. The molecule has 0 aromatic heterocycles. The molecule has 1 aromatic carbocycles. The van der Waals surface area contributed by atoms with Crippen LogP contribution in [0.2, 0.25) is 18.1 Å². The first-order valence-corrected chi connectivity index (χ1v) is 12.7. The molecule has 0 saturated carbocycles. The molecule has 1 saturated heterocycles. The van der Waals surface area contributed by atoms with Crippen molar-refractivity contribution in [2.24, 2.45) is 0 Å². The molecule has 0 aliphatic carbocycles. The molecule has 162 valence electrons. The number of nitrogens with zero attached hydrogens (tertiary/aromatic N) is 2. The third kappa shape index (κ3) is 4.89. The molecule has 9 heteroatoms. The number of amides is 1. The minimum Gasteiger partial charge on any atom is -0.493 e. The lowest BCUT2D eigenvalue weighted by Crippen LogP contribution is -2.46. The SMILES string of the molecule is COc1cc(C(=O)N2CCCC2CO[Si](C)(C)C(C)(C)C)c([N+](=O)[O-])cc1OC. The number of benzene rings is 1. The molecule has 0 radical (unpaired) electrons. The summed E-state index contributed by atoms with van der Waals surface area (Å²) in [5.41, 5.74) is -0.282. The number of carbonyl (C=O) groups is 1. The number of nitro groups is 1. The molecule has 1 fully saturated rings. The van der Waals surface area contributed by atoms with Gasteiger partial charge in [-0.15, -0.1) is 0 Å². The van der Waals surface area contributed by atoms with Gasteiger partial charge >= 0.3 is 0 Å². The van der Waals surface area contributed by atoms with E-state index in [9.17, 15) is 14.9 Å². The first-order valence-electron chi connectivity index (χ1n) is 9.78. The number of methoxy groups -OCH3 is 2. The summed E-state index contributed by atoms with van der Waals surface area (Å²) in [7, 11) is 0.880. The van der Waals surface area contributed by atoms with Crippen LogP contribution in [0.25, 0.3) is 0 Å². The second-order valence-corrected chi connectivity index (χ2v) is 13.7. The molecule has 0 N–H and O–H groups in total. The predicted octanol–water partition coefficient (Wildman–Crippen LogP) is 4.24. The minimum absolute atomic E-state index is 0.00637. The Kier molecular flexibility index (Phi) is 6.95. The molecule has 0 spiro atoms. The summed E-state index contributed by atoms with van der Waals surface area (Å²) >= 11 is 0. The van der Waals surface area contributed by atoms with Crippen LogP contribution in [0.5, 0.6) is 11.5 Å². The Labute approximate surface area is 173 Å². The Morgan fingerprint density at radius 1 is 1.24 bits per heavy atom. The van der Waals surface area contributed by atoms with Gasteiger partial charge in [-0.3, -0.25) is 14.9 Å². The van der Waals surface area contributed by atoms with E-state index in [2.05, 4.69) is 33.9 Å². The minimum atomic E-state index is -1.95. The predicted molar refractivity (Wildman–Crippen MR) is 113 cm³/mol. The third-order valence-electron chi connectivity index (χ3n) is 6.01. The van der Waals surface area contributed by atoms with Crippen LogP contribution in [0.15, 0.2) is 12.1 Å². The normalized spacial score (nSPS) is 17.3. The molecule has 1 aliphatic rings. The average molecular weight is 425 g/mol. The third-order valence-corrected chi connectivity index (χ3v) is 10.5. The molecule has 1 unspecified atom stereocenters. The van der Waals surface area contributed by atoms with Crippen molar-refractivity contribution in [1.82, 2.24) is 4.90 Å². The van der Waals surface area contributed by atoms with E-state index >= 15 is 0 Å². The highest BCUT2D eigenvalue weighted by Crippen LogP contribution is 2.38. The molecule has 1 aliphatic heterocycles. The monoisotopic (exact) mass is 424 g/mol. The summed E-state index contributed by atoms with van der Waals surface area (Å²) in [6.07, 6.45) is 1.67. The first kappa shape index (κ1) is 23.1. The zero-order chi connectivity index (χ0) is 22.0. The fourth-order valence-corrected chi connectivity index (χ4v) is 4.18. The van der Waals surface area contributed by atoms with Gasteiger partial charge in [0.25, 0.3) is 11.6 Å². The first-order chi connectivity index (χ1) is 13.4. The van der Waals surface area contributed by atoms with Gasteiger partial charge in [0.2, 0.25) is 0 Å². The van der Waals surface area contributed by atoms with Crippen molar-refractivity contribution in [2.45, 2.75) is 57.8 Å². The van der Waals surface area contributed by atoms with Gasteiger partial charge in [-0.1, -0.05) is 20.8 Å². The van der Waals surface area contributed by atoms with Gasteiger partial charge in [0.05, 0.1) is 37.9 Å². The topological polar surface area (TPSA) is 91.1 Å². The summed E-state index contributed by atoms with van der Waals surface area (Å²) in [6, 6.07) is 2.54. The van der Waals surface area contributed by atoms with Gasteiger partial charge in [-0.05, 0) is 31.0 Å². The summed E-state index contributed by atoms with van der Waals surface area (Å²) in [5.74, 6) is 0.128. The fraction of sp³-hybridized carbons (Fsp3) is 0.650. The van der Waals surface area contributed by atoms with E-state index < -0.39 is 13.2 Å². The maximum Gasteiger partial charge on any atom is 0.286 e. The molecule has 1 heterocycles. The molecule has 29 heavy (non-hydrogen) atoms. The second kappa shape index (κ2) is 8.70. The lowest BCUT2D eigenvalue weighted by atomic mass is 10.1. The van der Waals surface area contributed by atoms with Crippen molar-refractivity contribution in [3.63, 3.8) is 0 Å². The van der Waals surface area contributed by atoms with Crippen LogP contribution in [-0.4, -0.2) is 57.5 Å². The fourth-order valence-electron chi connectivity index (χ4n) is 3.14. The zero-order valence-corrected chi connectivity index (χ0v) is 19.4. The van der Waals surface area contributed by atoms with Crippen molar-refractivity contribution in [1.29, 1.82) is 0 Å². The number of hydrogen-bond acceptors (Lipinski definition) is 6. The van der Waals surface area contributed by atoms with Crippen molar-refractivity contribution >= 4 is 19.9 Å². The highest BCUT2D eigenvalue weighted by molar-refractivity contribution is 6.74. The number of carbonyl (C=O) groups excluding carboxylic acids is 1. The van der Waals surface area contributed by atoms with Crippen LogP contribution in [-0.2, 0) is 4.43 Å². The van der Waals surface area contributed by atoms with Crippen molar-refractivity contribution in [2.75, 3.05) is 27.4 Å². The summed E-state index contributed by atoms with van der Waals surface area (Å²) in [4.78, 5) is 26.0. The maximum absolute atomic E-state index is 13.3. The standard InChI is InChI=1S/C20H32N2O6Si/c1-20(2,3)29(6,7)28-13-14-9-8-10-21(14)19(23)15-11-17(26-4)18(27-5)12-16(15)22(24)25/h11-12,14H,8-10,13H2,1-7H3. The molecule has 1 atom stereocenters. The number of rotatable bonds is 7. The van der Waals surface area contributed by atoms with Gasteiger partial charge < -0.3 is 18.8 Å². The van der Waals surface area contributed by atoms with Crippen LogP contribution in [0.3, 0.4) is 0 Å². The number of nitro benzene ring substituents is 1. The van der Waals surface area contributed by atoms with Crippen LogP contribution in [0.4, 0.5) is 5.69 Å². The van der Waals surface area contributed by atoms with Crippen LogP contribution < -0.4 is 9.47 Å². The van der Waals surface area contributed by atoms with Gasteiger partial charge in [0.15, 0.2) is 19.8 Å². The molecule has 8 nitrogen and oxygen atoms in total. The van der Waals surface area contributed by atoms with E-state index in [0.29, 0.717) is 13.2 Å². The lowest BCUT2D eigenvalue weighted by molar-refractivity contribution is -0.385. The van der Waals surface area contributed by atoms with Crippen molar-refractivity contribution in [3.8, 4) is 11.5 Å². The van der Waals surface area contributed by atoms with E-state index in [1.54, 1.807) is 4.90 Å². The smallest absolute Gasteiger partial charge is 0.286 e. The van der Waals surface area contributed by atoms with Crippen molar-refractivity contribution in [3.05, 3.63) is 27.8 Å². The largest absolute Gasteiger partial charge is 0.493 e. The Morgan fingerprint density at radius 2 is 1.83 bits per heavy atom. The van der Waals surface area contributed by atoms with Gasteiger partial charge in [-0.25, -0.2) is 0 Å². The number of hydrogen-bond donors (Lipinski definition) is 0. The van der Waals surface area contributed by atoms with Crippen LogP contribution in [0.1, 0.15) is 44.0 Å². The molecule has 1 amide bonds. The van der Waals surface area contributed by atoms with E-state index in [4.69, 9.17) is 13.9 Å². The van der Waals surface area contributed by atoms with Gasteiger partial charge in [0, 0.05) is 12.6 Å². The summed E-state index contributed by atoms with van der Waals surface area (Å²) < 4.78 is 16.7. The molecule has 2 rings (SSSR count). The van der Waals surface area contributed by atoms with E-state index in [-0.39, 0.29) is 39.7 Å².